The number of carbonyl (C=O) groups excluding carboxylic acids is 3. The average molecular weight is 529 g/mol. The van der Waals surface area contributed by atoms with Crippen LogP contribution in [0.4, 0.5) is 11.4 Å². The predicted octanol–water partition coefficient (Wildman–Crippen LogP) is 4.17. The van der Waals surface area contributed by atoms with Crippen molar-refractivity contribution < 1.29 is 19.5 Å². The standard InChI is InChI=1S/C29H32N6O4/c1-5-29(3,4)31-28(39)27(20-10-16-23(37)17-11-20)35(22-14-12-21(13-15-22)30-19(2)36)26(38)18-34-25-9-7-6-8-24(25)32-33-34/h6-17,27,37H,5,18H2,1-4H3,(H,30,36)(H,31,39)/t27-/m1/s1. The van der Waals surface area contributed by atoms with E-state index in [9.17, 15) is 19.5 Å². The lowest BCUT2D eigenvalue weighted by Crippen LogP contribution is -2.51. The molecule has 4 aromatic rings. The topological polar surface area (TPSA) is 129 Å². The molecule has 0 aliphatic rings. The minimum Gasteiger partial charge on any atom is -0.508 e. The zero-order valence-electron chi connectivity index (χ0n) is 22.4. The molecule has 0 aliphatic heterocycles. The predicted molar refractivity (Wildman–Crippen MR) is 149 cm³/mol. The van der Waals surface area contributed by atoms with Gasteiger partial charge < -0.3 is 15.7 Å². The maximum Gasteiger partial charge on any atom is 0.249 e. The summed E-state index contributed by atoms with van der Waals surface area (Å²) in [5.74, 6) is -0.967. The highest BCUT2D eigenvalue weighted by atomic mass is 16.3. The molecular formula is C29H32N6O4. The van der Waals surface area contributed by atoms with Gasteiger partial charge in [0, 0.05) is 23.8 Å². The second-order valence-electron chi connectivity index (χ2n) is 9.95. The lowest BCUT2D eigenvalue weighted by molar-refractivity contribution is -0.128. The van der Waals surface area contributed by atoms with E-state index < -0.39 is 17.5 Å². The summed E-state index contributed by atoms with van der Waals surface area (Å²) in [7, 11) is 0. The van der Waals surface area contributed by atoms with Crippen LogP contribution in [-0.2, 0) is 20.9 Å². The van der Waals surface area contributed by atoms with Gasteiger partial charge >= 0.3 is 0 Å². The SMILES string of the molecule is CCC(C)(C)NC(=O)[C@@H](c1ccc(O)cc1)N(C(=O)Cn1nnc2ccccc21)c1ccc(NC(C)=O)cc1. The van der Waals surface area contributed by atoms with Crippen LogP contribution < -0.4 is 15.5 Å². The first-order valence-electron chi connectivity index (χ1n) is 12.7. The summed E-state index contributed by atoms with van der Waals surface area (Å²) in [4.78, 5) is 40.9. The Hall–Kier alpha value is -4.73. The van der Waals surface area contributed by atoms with E-state index in [0.717, 1.165) is 0 Å². The van der Waals surface area contributed by atoms with Crippen LogP contribution in [0, 0.1) is 0 Å². The molecule has 39 heavy (non-hydrogen) atoms. The van der Waals surface area contributed by atoms with Crippen LogP contribution in [0.3, 0.4) is 0 Å². The number of phenols is 1. The first kappa shape index (κ1) is 27.3. The normalized spacial score (nSPS) is 12.1. The molecule has 1 aromatic heterocycles. The highest BCUT2D eigenvalue weighted by Gasteiger charge is 2.35. The fourth-order valence-corrected chi connectivity index (χ4v) is 4.15. The molecule has 0 saturated carbocycles. The van der Waals surface area contributed by atoms with E-state index in [-0.39, 0.29) is 24.1 Å². The molecule has 10 heteroatoms. The van der Waals surface area contributed by atoms with Crippen molar-refractivity contribution in [3.05, 3.63) is 78.4 Å². The number of hydrogen-bond acceptors (Lipinski definition) is 6. The molecule has 202 valence electrons. The van der Waals surface area contributed by atoms with Crippen molar-refractivity contribution in [2.24, 2.45) is 0 Å². The van der Waals surface area contributed by atoms with Gasteiger partial charge in [-0.1, -0.05) is 36.4 Å². The largest absolute Gasteiger partial charge is 0.508 e. The number of aromatic nitrogens is 3. The van der Waals surface area contributed by atoms with E-state index in [1.54, 1.807) is 42.5 Å². The van der Waals surface area contributed by atoms with E-state index in [2.05, 4.69) is 20.9 Å². The minimum absolute atomic E-state index is 0.0402. The van der Waals surface area contributed by atoms with Crippen LogP contribution in [0.25, 0.3) is 11.0 Å². The van der Waals surface area contributed by atoms with Gasteiger partial charge in [-0.05, 0) is 74.4 Å². The smallest absolute Gasteiger partial charge is 0.249 e. The summed E-state index contributed by atoms with van der Waals surface area (Å²) in [6, 6.07) is 19.1. The van der Waals surface area contributed by atoms with E-state index in [1.165, 1.54) is 28.6 Å². The molecule has 0 unspecified atom stereocenters. The molecule has 0 spiro atoms. The number of rotatable bonds is 9. The second-order valence-corrected chi connectivity index (χ2v) is 9.95. The van der Waals surface area contributed by atoms with Gasteiger partial charge in [-0.25, -0.2) is 4.68 Å². The van der Waals surface area contributed by atoms with Gasteiger partial charge in [0.15, 0.2) is 0 Å². The fourth-order valence-electron chi connectivity index (χ4n) is 4.15. The molecule has 3 aromatic carbocycles. The summed E-state index contributed by atoms with van der Waals surface area (Å²) < 4.78 is 1.50. The monoisotopic (exact) mass is 528 g/mol. The number of fused-ring (bicyclic) bond motifs is 1. The van der Waals surface area contributed by atoms with Crippen molar-refractivity contribution in [3.8, 4) is 5.75 Å². The van der Waals surface area contributed by atoms with Gasteiger partial charge in [-0.2, -0.15) is 0 Å². The molecular weight excluding hydrogens is 496 g/mol. The van der Waals surface area contributed by atoms with E-state index in [0.29, 0.717) is 34.4 Å². The fraction of sp³-hybridized carbons (Fsp3) is 0.276. The number of para-hydroxylation sites is 1. The highest BCUT2D eigenvalue weighted by Crippen LogP contribution is 2.31. The van der Waals surface area contributed by atoms with Crippen LogP contribution >= 0.6 is 0 Å². The van der Waals surface area contributed by atoms with Crippen molar-refractivity contribution in [1.29, 1.82) is 0 Å². The van der Waals surface area contributed by atoms with Crippen LogP contribution in [0.5, 0.6) is 5.75 Å². The van der Waals surface area contributed by atoms with Gasteiger partial charge in [-0.3, -0.25) is 19.3 Å². The zero-order valence-corrected chi connectivity index (χ0v) is 22.4. The lowest BCUT2D eigenvalue weighted by Gasteiger charge is -2.34. The summed E-state index contributed by atoms with van der Waals surface area (Å²) in [5, 5.41) is 24.0. The molecule has 1 atom stereocenters. The van der Waals surface area contributed by atoms with Crippen LogP contribution in [0.2, 0.25) is 0 Å². The summed E-state index contributed by atoms with van der Waals surface area (Å²) in [5.41, 5.74) is 2.32. The number of nitrogens with zero attached hydrogens (tertiary/aromatic N) is 4. The molecule has 0 fully saturated rings. The number of anilines is 2. The number of hydrogen-bond donors (Lipinski definition) is 3. The molecule has 0 aliphatic carbocycles. The van der Waals surface area contributed by atoms with E-state index >= 15 is 0 Å². The molecule has 0 bridgehead atoms. The Morgan fingerprint density at radius 2 is 1.67 bits per heavy atom. The Morgan fingerprint density at radius 3 is 2.31 bits per heavy atom. The number of aromatic hydroxyl groups is 1. The third kappa shape index (κ3) is 6.40. The van der Waals surface area contributed by atoms with E-state index in [4.69, 9.17) is 0 Å². The van der Waals surface area contributed by atoms with Crippen LogP contribution in [0.15, 0.2) is 72.8 Å². The second kappa shape index (κ2) is 11.3. The van der Waals surface area contributed by atoms with Crippen LogP contribution in [-0.4, -0.2) is 43.4 Å². The van der Waals surface area contributed by atoms with Crippen LogP contribution in [0.1, 0.15) is 45.7 Å². The molecule has 0 saturated heterocycles. The van der Waals surface area contributed by atoms with Gasteiger partial charge in [0.2, 0.25) is 17.7 Å². The van der Waals surface area contributed by atoms with Crippen molar-refractivity contribution in [3.63, 3.8) is 0 Å². The number of carbonyl (C=O) groups is 3. The number of amides is 3. The molecule has 3 N–H and O–H groups in total. The third-order valence-corrected chi connectivity index (χ3v) is 6.50. The van der Waals surface area contributed by atoms with Gasteiger partial charge in [-0.15, -0.1) is 5.10 Å². The Morgan fingerprint density at radius 1 is 1.00 bits per heavy atom. The van der Waals surface area contributed by atoms with Gasteiger partial charge in [0.25, 0.3) is 0 Å². The summed E-state index contributed by atoms with van der Waals surface area (Å²) in [6.45, 7) is 7.03. The van der Waals surface area contributed by atoms with Gasteiger partial charge in [0.1, 0.15) is 23.9 Å². The molecule has 4 rings (SSSR count). The third-order valence-electron chi connectivity index (χ3n) is 6.50. The molecule has 3 amide bonds. The highest BCUT2D eigenvalue weighted by molar-refractivity contribution is 6.02. The molecule has 10 nitrogen and oxygen atoms in total. The number of nitrogens with one attached hydrogen (secondary N) is 2. The maximum absolute atomic E-state index is 14.1. The zero-order chi connectivity index (χ0) is 28.2. The van der Waals surface area contributed by atoms with Crippen molar-refractivity contribution >= 4 is 40.1 Å². The average Bonchev–Trinajstić information content (AvgIpc) is 3.30. The van der Waals surface area contributed by atoms with Crippen molar-refractivity contribution in [2.45, 2.75) is 52.2 Å². The Bertz CT molecular complexity index is 1480. The summed E-state index contributed by atoms with van der Waals surface area (Å²) in [6.07, 6.45) is 0.672. The first-order chi connectivity index (χ1) is 18.6. The first-order valence-corrected chi connectivity index (χ1v) is 12.7. The maximum atomic E-state index is 14.1. The van der Waals surface area contributed by atoms with E-state index in [1.807, 2.05) is 39.0 Å². The number of benzene rings is 3. The van der Waals surface area contributed by atoms with Crippen molar-refractivity contribution in [1.82, 2.24) is 20.3 Å². The molecule has 1 heterocycles. The minimum atomic E-state index is -1.06. The Kier molecular flexibility index (Phi) is 7.94. The Balaban J connectivity index is 1.81. The quantitative estimate of drug-likeness (QED) is 0.299. The van der Waals surface area contributed by atoms with Crippen molar-refractivity contribution in [2.75, 3.05) is 10.2 Å². The van der Waals surface area contributed by atoms with Gasteiger partial charge in [0.05, 0.1) is 5.52 Å². The Labute approximate surface area is 226 Å². The lowest BCUT2D eigenvalue weighted by atomic mass is 9.98. The molecule has 0 radical (unpaired) electrons. The summed E-state index contributed by atoms with van der Waals surface area (Å²) >= 11 is 0. The number of phenolic OH excluding ortho intramolecular Hbond substituents is 1.